The molecule has 0 unspecified atom stereocenters. The van der Waals surface area contributed by atoms with Crippen LogP contribution in [-0.4, -0.2) is 25.3 Å². The minimum absolute atomic E-state index is 0.199. The molecule has 3 rings (SSSR count). The van der Waals surface area contributed by atoms with E-state index >= 15 is 0 Å². The van der Waals surface area contributed by atoms with Gasteiger partial charge in [0.2, 0.25) is 0 Å². The number of nitrogens with one attached hydrogen (secondary N) is 2. The molecule has 5 nitrogen and oxygen atoms in total. The molecule has 1 heterocycles. The van der Waals surface area contributed by atoms with E-state index in [0.717, 1.165) is 30.9 Å². The number of amides is 2. The van der Waals surface area contributed by atoms with E-state index in [1.807, 2.05) is 54.6 Å². The first-order valence-electron chi connectivity index (χ1n) is 7.77. The smallest absolute Gasteiger partial charge is 0.323 e. The number of hydrogen-bond acceptors (Lipinski definition) is 3. The van der Waals surface area contributed by atoms with E-state index in [1.165, 1.54) is 0 Å². The van der Waals surface area contributed by atoms with Crippen LogP contribution < -0.4 is 15.4 Å². The maximum atomic E-state index is 11.9. The first-order valence-corrected chi connectivity index (χ1v) is 7.77. The molecule has 0 bridgehead atoms. The monoisotopic (exact) mass is 312 g/mol. The Labute approximate surface area is 135 Å². The van der Waals surface area contributed by atoms with Crippen molar-refractivity contribution < 1.29 is 14.3 Å². The second-order valence-corrected chi connectivity index (χ2v) is 5.42. The largest absolute Gasteiger partial charge is 0.491 e. The average molecular weight is 312 g/mol. The Morgan fingerprint density at radius 1 is 1.04 bits per heavy atom. The summed E-state index contributed by atoms with van der Waals surface area (Å²) in [5.74, 6) is 0.773. The SMILES string of the molecule is O=C(Nc1ccccc1)Nc1ccc(OC[C@@H]2CCCO2)cc1. The minimum atomic E-state index is -0.274. The van der Waals surface area contributed by atoms with Gasteiger partial charge < -0.3 is 20.1 Å². The van der Waals surface area contributed by atoms with Crippen LogP contribution in [0.5, 0.6) is 5.75 Å². The van der Waals surface area contributed by atoms with E-state index in [4.69, 9.17) is 9.47 Å². The normalized spacial score (nSPS) is 16.8. The number of anilines is 2. The quantitative estimate of drug-likeness (QED) is 0.880. The standard InChI is InChI=1S/C18H20N2O3/c21-18(19-14-5-2-1-3-6-14)20-15-8-10-16(11-9-15)23-13-17-7-4-12-22-17/h1-3,5-6,8-11,17H,4,7,12-13H2,(H2,19,20,21)/t17-/m0/s1. The zero-order chi connectivity index (χ0) is 15.9. The summed E-state index contributed by atoms with van der Waals surface area (Å²) in [7, 11) is 0. The summed E-state index contributed by atoms with van der Waals surface area (Å²) in [4.78, 5) is 11.9. The molecule has 1 fully saturated rings. The molecule has 2 amide bonds. The summed E-state index contributed by atoms with van der Waals surface area (Å²) in [6.45, 7) is 1.40. The van der Waals surface area contributed by atoms with Gasteiger partial charge in [0.05, 0.1) is 6.10 Å². The molecule has 0 aromatic heterocycles. The van der Waals surface area contributed by atoms with E-state index in [2.05, 4.69) is 10.6 Å². The number of rotatable bonds is 5. The van der Waals surface area contributed by atoms with Crippen molar-refractivity contribution in [3.63, 3.8) is 0 Å². The zero-order valence-corrected chi connectivity index (χ0v) is 12.8. The third kappa shape index (κ3) is 4.72. The lowest BCUT2D eigenvalue weighted by Crippen LogP contribution is -2.19. The molecular weight excluding hydrogens is 292 g/mol. The molecule has 120 valence electrons. The molecule has 2 aromatic rings. The van der Waals surface area contributed by atoms with E-state index in [0.29, 0.717) is 12.3 Å². The minimum Gasteiger partial charge on any atom is -0.491 e. The molecule has 0 aliphatic carbocycles. The molecule has 0 radical (unpaired) electrons. The molecular formula is C18H20N2O3. The van der Waals surface area contributed by atoms with Gasteiger partial charge in [0, 0.05) is 18.0 Å². The van der Waals surface area contributed by atoms with Gasteiger partial charge in [-0.1, -0.05) is 18.2 Å². The molecule has 23 heavy (non-hydrogen) atoms. The van der Waals surface area contributed by atoms with E-state index < -0.39 is 0 Å². The molecule has 2 N–H and O–H groups in total. The van der Waals surface area contributed by atoms with Crippen LogP contribution in [-0.2, 0) is 4.74 Å². The highest BCUT2D eigenvalue weighted by Gasteiger charge is 2.15. The van der Waals surface area contributed by atoms with Crippen molar-refractivity contribution in [2.45, 2.75) is 18.9 Å². The first-order chi connectivity index (χ1) is 11.3. The van der Waals surface area contributed by atoms with E-state index in [9.17, 15) is 4.79 Å². The van der Waals surface area contributed by atoms with E-state index in [1.54, 1.807) is 0 Å². The number of urea groups is 1. The Bertz CT molecular complexity index is 622. The second kappa shape index (κ2) is 7.65. The van der Waals surface area contributed by atoms with Gasteiger partial charge in [-0.2, -0.15) is 0 Å². The van der Waals surface area contributed by atoms with Gasteiger partial charge in [-0.25, -0.2) is 4.79 Å². The van der Waals surface area contributed by atoms with Crippen LogP contribution >= 0.6 is 0 Å². The molecule has 1 saturated heterocycles. The fraction of sp³-hybridized carbons (Fsp3) is 0.278. The third-order valence-electron chi connectivity index (χ3n) is 3.60. The van der Waals surface area contributed by atoms with Crippen molar-refractivity contribution in [1.82, 2.24) is 0 Å². The van der Waals surface area contributed by atoms with Crippen LogP contribution in [0, 0.1) is 0 Å². The lowest BCUT2D eigenvalue weighted by atomic mass is 10.2. The summed E-state index contributed by atoms with van der Waals surface area (Å²) >= 11 is 0. The molecule has 1 aliphatic rings. The maximum Gasteiger partial charge on any atom is 0.323 e. The predicted octanol–water partition coefficient (Wildman–Crippen LogP) is 3.89. The number of benzene rings is 2. The average Bonchev–Trinajstić information content (AvgIpc) is 3.08. The number of carbonyl (C=O) groups is 1. The second-order valence-electron chi connectivity index (χ2n) is 5.42. The Morgan fingerprint density at radius 2 is 1.74 bits per heavy atom. The van der Waals surface area contributed by atoms with Crippen LogP contribution in [0.15, 0.2) is 54.6 Å². The van der Waals surface area contributed by atoms with Crippen molar-refractivity contribution in [2.75, 3.05) is 23.8 Å². The van der Waals surface area contributed by atoms with Crippen molar-refractivity contribution in [3.05, 3.63) is 54.6 Å². The summed E-state index contributed by atoms with van der Waals surface area (Å²) in [5, 5.41) is 5.55. The summed E-state index contributed by atoms with van der Waals surface area (Å²) < 4.78 is 11.2. The number of ether oxygens (including phenoxy) is 2. The highest BCUT2D eigenvalue weighted by molar-refractivity contribution is 5.99. The van der Waals surface area contributed by atoms with Gasteiger partial charge in [0.25, 0.3) is 0 Å². The summed E-state index contributed by atoms with van der Waals surface area (Å²) in [6.07, 6.45) is 2.36. The number of hydrogen-bond donors (Lipinski definition) is 2. The molecule has 2 aromatic carbocycles. The molecule has 0 spiro atoms. The molecule has 0 saturated carbocycles. The zero-order valence-electron chi connectivity index (χ0n) is 12.8. The lowest BCUT2D eigenvalue weighted by molar-refractivity contribution is 0.0679. The Morgan fingerprint density at radius 3 is 2.39 bits per heavy atom. The van der Waals surface area contributed by atoms with Crippen molar-refractivity contribution in [2.24, 2.45) is 0 Å². The Hall–Kier alpha value is -2.53. The first kappa shape index (κ1) is 15.4. The number of para-hydroxylation sites is 1. The number of carbonyl (C=O) groups excluding carboxylic acids is 1. The Balaban J connectivity index is 1.47. The highest BCUT2D eigenvalue weighted by Crippen LogP contribution is 2.18. The fourth-order valence-electron chi connectivity index (χ4n) is 2.41. The van der Waals surface area contributed by atoms with Crippen LogP contribution in [0.1, 0.15) is 12.8 Å². The van der Waals surface area contributed by atoms with Crippen LogP contribution in [0.2, 0.25) is 0 Å². The van der Waals surface area contributed by atoms with Crippen LogP contribution in [0.3, 0.4) is 0 Å². The van der Waals surface area contributed by atoms with Gasteiger partial charge in [-0.15, -0.1) is 0 Å². The van der Waals surface area contributed by atoms with Crippen molar-refractivity contribution in [1.29, 1.82) is 0 Å². The summed E-state index contributed by atoms with van der Waals surface area (Å²) in [5.41, 5.74) is 1.46. The van der Waals surface area contributed by atoms with Gasteiger partial charge >= 0.3 is 6.03 Å². The van der Waals surface area contributed by atoms with Gasteiger partial charge in [-0.3, -0.25) is 0 Å². The van der Waals surface area contributed by atoms with E-state index in [-0.39, 0.29) is 12.1 Å². The topological polar surface area (TPSA) is 59.6 Å². The van der Waals surface area contributed by atoms with Crippen LogP contribution in [0.25, 0.3) is 0 Å². The van der Waals surface area contributed by atoms with Crippen molar-refractivity contribution >= 4 is 17.4 Å². The highest BCUT2D eigenvalue weighted by atomic mass is 16.5. The maximum absolute atomic E-state index is 11.9. The van der Waals surface area contributed by atoms with Gasteiger partial charge in [0.1, 0.15) is 12.4 Å². The fourth-order valence-corrected chi connectivity index (χ4v) is 2.41. The molecule has 1 aliphatic heterocycles. The van der Waals surface area contributed by atoms with Gasteiger partial charge in [0.15, 0.2) is 0 Å². The third-order valence-corrected chi connectivity index (χ3v) is 3.60. The van der Waals surface area contributed by atoms with Gasteiger partial charge in [-0.05, 0) is 49.2 Å². The Kier molecular flexibility index (Phi) is 5.11. The van der Waals surface area contributed by atoms with Crippen molar-refractivity contribution in [3.8, 4) is 5.75 Å². The van der Waals surface area contributed by atoms with Crippen LogP contribution in [0.4, 0.5) is 16.2 Å². The predicted molar refractivity (Wildman–Crippen MR) is 90.0 cm³/mol. The molecule has 1 atom stereocenters. The lowest BCUT2D eigenvalue weighted by Gasteiger charge is -2.12. The summed E-state index contributed by atoms with van der Waals surface area (Å²) in [6, 6.07) is 16.3. The molecule has 5 heteroatoms.